The fraction of sp³-hybridized carbons (Fsp3) is 0.476. The number of aromatic nitrogens is 1. The maximum Gasteiger partial charge on any atom is 0.324 e. The summed E-state index contributed by atoms with van der Waals surface area (Å²) in [6, 6.07) is 9.58. The van der Waals surface area contributed by atoms with Gasteiger partial charge in [-0.05, 0) is 43.7 Å². The van der Waals surface area contributed by atoms with Crippen molar-refractivity contribution in [2.24, 2.45) is 5.92 Å². The van der Waals surface area contributed by atoms with Crippen LogP contribution in [0.25, 0.3) is 0 Å². The van der Waals surface area contributed by atoms with Crippen molar-refractivity contribution in [1.82, 2.24) is 9.88 Å². The lowest BCUT2D eigenvalue weighted by atomic mass is 9.86. The summed E-state index contributed by atoms with van der Waals surface area (Å²) >= 11 is 2.48. The number of benzene rings is 1. The molecule has 2 amide bonds. The normalized spacial score (nSPS) is 18.6. The molecule has 0 bridgehead atoms. The summed E-state index contributed by atoms with van der Waals surface area (Å²) in [6.45, 7) is 3.16. The van der Waals surface area contributed by atoms with E-state index in [1.165, 1.54) is 23.1 Å². The third-order valence-electron chi connectivity index (χ3n) is 5.07. The maximum absolute atomic E-state index is 13.0. The third-order valence-corrected chi connectivity index (χ3v) is 7.16. The molecule has 2 N–H and O–H groups in total. The van der Waals surface area contributed by atoms with Gasteiger partial charge in [0.05, 0.1) is 22.7 Å². The van der Waals surface area contributed by atoms with Crippen molar-refractivity contribution >= 4 is 40.2 Å². The molecule has 1 heterocycles. The molecule has 1 aliphatic carbocycles. The molecule has 0 unspecified atom stereocenters. The lowest BCUT2D eigenvalue weighted by Gasteiger charge is -2.36. The number of para-hydroxylation sites is 1. The van der Waals surface area contributed by atoms with Crippen LogP contribution in [-0.4, -0.2) is 51.9 Å². The number of thiazole rings is 1. The zero-order valence-corrected chi connectivity index (χ0v) is 18.6. The van der Waals surface area contributed by atoms with E-state index in [1.807, 2.05) is 35.2 Å². The Kier molecular flexibility index (Phi) is 8.39. The number of rotatable bonds is 9. The molecule has 30 heavy (non-hydrogen) atoms. The summed E-state index contributed by atoms with van der Waals surface area (Å²) in [4.78, 5) is 29.8. The molecule has 1 aromatic heterocycles. The average molecular weight is 450 g/mol. The van der Waals surface area contributed by atoms with E-state index in [0.29, 0.717) is 24.2 Å². The Labute approximate surface area is 184 Å². The summed E-state index contributed by atoms with van der Waals surface area (Å²) in [5.41, 5.74) is 0. The predicted octanol–water partition coefficient (Wildman–Crippen LogP) is 4.81. The van der Waals surface area contributed by atoms with Crippen LogP contribution in [-0.2, 0) is 4.79 Å². The molecule has 7 nitrogen and oxygen atoms in total. The van der Waals surface area contributed by atoms with Crippen molar-refractivity contribution in [1.29, 1.82) is 0 Å². The molecule has 0 saturated heterocycles. The molecule has 162 valence electrons. The number of ether oxygens (including phenoxy) is 1. The number of carboxylic acids is 1. The van der Waals surface area contributed by atoms with Crippen molar-refractivity contribution in [2.75, 3.05) is 24.2 Å². The maximum atomic E-state index is 13.0. The Hall–Kier alpha value is -2.26. The highest BCUT2D eigenvalue weighted by Gasteiger charge is 2.28. The van der Waals surface area contributed by atoms with Crippen LogP contribution in [0.1, 0.15) is 32.6 Å². The molecule has 2 aromatic rings. The van der Waals surface area contributed by atoms with Gasteiger partial charge in [-0.15, -0.1) is 11.8 Å². The first-order valence-electron chi connectivity index (χ1n) is 10.1. The lowest BCUT2D eigenvalue weighted by molar-refractivity contribution is -0.133. The highest BCUT2D eigenvalue weighted by atomic mass is 32.2. The molecule has 1 aromatic carbocycles. The molecule has 0 atom stereocenters. The van der Waals surface area contributed by atoms with E-state index >= 15 is 0 Å². The number of hydrogen-bond donors (Lipinski definition) is 2. The second kappa shape index (κ2) is 11.2. The van der Waals surface area contributed by atoms with Gasteiger partial charge < -0.3 is 14.7 Å². The van der Waals surface area contributed by atoms with E-state index in [1.54, 1.807) is 6.20 Å². The minimum atomic E-state index is -0.880. The van der Waals surface area contributed by atoms with E-state index in [-0.39, 0.29) is 17.8 Å². The van der Waals surface area contributed by atoms with Gasteiger partial charge in [-0.1, -0.05) is 36.5 Å². The van der Waals surface area contributed by atoms with Crippen LogP contribution in [0.15, 0.2) is 40.7 Å². The van der Waals surface area contributed by atoms with Crippen molar-refractivity contribution in [3.63, 3.8) is 0 Å². The summed E-state index contributed by atoms with van der Waals surface area (Å²) in [5, 5.41) is 12.2. The molecule has 1 saturated carbocycles. The van der Waals surface area contributed by atoms with Crippen molar-refractivity contribution in [3.8, 4) is 5.75 Å². The van der Waals surface area contributed by atoms with Gasteiger partial charge >= 0.3 is 12.0 Å². The van der Waals surface area contributed by atoms with E-state index in [9.17, 15) is 9.59 Å². The second-order valence-corrected chi connectivity index (χ2v) is 9.67. The van der Waals surface area contributed by atoms with E-state index in [4.69, 9.17) is 9.84 Å². The van der Waals surface area contributed by atoms with E-state index < -0.39 is 5.97 Å². The van der Waals surface area contributed by atoms with Crippen LogP contribution in [0.2, 0.25) is 0 Å². The zero-order valence-electron chi connectivity index (χ0n) is 17.0. The van der Waals surface area contributed by atoms with Crippen LogP contribution < -0.4 is 10.1 Å². The number of hydrogen-bond acceptors (Lipinski definition) is 6. The number of anilines is 1. The van der Waals surface area contributed by atoms with Crippen LogP contribution in [0, 0.1) is 5.92 Å². The quantitative estimate of drug-likeness (QED) is 0.534. The molecule has 9 heteroatoms. The van der Waals surface area contributed by atoms with Gasteiger partial charge in [0.1, 0.15) is 12.4 Å². The number of carboxylic acid groups (broad SMARTS) is 1. The number of carbonyl (C=O) groups excluding carboxylic acids is 1. The first-order chi connectivity index (χ1) is 14.5. The highest BCUT2D eigenvalue weighted by molar-refractivity contribution is 8.01. The lowest BCUT2D eigenvalue weighted by Crippen LogP contribution is -2.46. The summed E-state index contributed by atoms with van der Waals surface area (Å²) in [7, 11) is 0. The number of carbonyl (C=O) groups is 2. The Morgan fingerprint density at radius 2 is 2.00 bits per heavy atom. The first kappa shape index (κ1) is 22.4. The van der Waals surface area contributed by atoms with E-state index in [2.05, 4.69) is 17.2 Å². The molecule has 0 spiro atoms. The minimum Gasteiger partial charge on any atom is -0.492 e. The summed E-state index contributed by atoms with van der Waals surface area (Å²) < 4.78 is 6.58. The molecular formula is C21H27N3O4S2. The largest absolute Gasteiger partial charge is 0.492 e. The molecule has 3 rings (SSSR count). The molecule has 0 radical (unpaired) electrons. The molecule has 1 aliphatic rings. The van der Waals surface area contributed by atoms with Crippen molar-refractivity contribution in [2.45, 2.75) is 42.9 Å². The van der Waals surface area contributed by atoms with Gasteiger partial charge in [-0.2, -0.15) is 0 Å². The van der Waals surface area contributed by atoms with Crippen LogP contribution in [0.5, 0.6) is 5.75 Å². The Bertz CT molecular complexity index is 823. The van der Waals surface area contributed by atoms with Gasteiger partial charge in [0.2, 0.25) is 0 Å². The van der Waals surface area contributed by atoms with Crippen LogP contribution in [0.4, 0.5) is 9.93 Å². The van der Waals surface area contributed by atoms with E-state index in [0.717, 1.165) is 35.6 Å². The first-order valence-corrected chi connectivity index (χ1v) is 11.9. The summed E-state index contributed by atoms with van der Waals surface area (Å²) in [6.07, 6.45) is 5.79. The Morgan fingerprint density at radius 3 is 2.70 bits per heavy atom. The minimum absolute atomic E-state index is 0.0290. The van der Waals surface area contributed by atoms with Crippen molar-refractivity contribution in [3.05, 3.63) is 36.5 Å². The number of urea groups is 1. The standard InChI is InChI=1S/C21H27N3O4S2/c1-15-7-9-16(10-8-15)24(11-12-28-17-5-3-2-4-6-17)21(27)23-20-22-13-19(30-20)29-14-18(25)26/h2-6,13,15-16H,7-12,14H2,1H3,(H,25,26)(H,22,23,27). The SMILES string of the molecule is CC1CCC(N(CCOc2ccccc2)C(=O)Nc2ncc(SCC(=O)O)s2)CC1. The number of nitrogens with one attached hydrogen (secondary N) is 1. The van der Waals surface area contributed by atoms with Crippen molar-refractivity contribution < 1.29 is 19.4 Å². The average Bonchev–Trinajstić information content (AvgIpc) is 3.18. The third kappa shape index (κ3) is 6.91. The second-order valence-electron chi connectivity index (χ2n) is 7.37. The molecular weight excluding hydrogens is 422 g/mol. The Morgan fingerprint density at radius 1 is 1.27 bits per heavy atom. The number of nitrogens with zero attached hydrogens (tertiary/aromatic N) is 2. The van der Waals surface area contributed by atoms with Gasteiger partial charge in [0.15, 0.2) is 5.13 Å². The highest BCUT2D eigenvalue weighted by Crippen LogP contribution is 2.30. The number of amides is 2. The van der Waals surface area contributed by atoms with Crippen LogP contribution in [0.3, 0.4) is 0 Å². The Balaban J connectivity index is 1.60. The van der Waals surface area contributed by atoms with Gasteiger partial charge in [-0.25, -0.2) is 9.78 Å². The molecule has 1 fully saturated rings. The topological polar surface area (TPSA) is 91.8 Å². The summed E-state index contributed by atoms with van der Waals surface area (Å²) in [5.74, 6) is 0.573. The van der Waals surface area contributed by atoms with Crippen LogP contribution >= 0.6 is 23.1 Å². The van der Waals surface area contributed by atoms with Gasteiger partial charge in [-0.3, -0.25) is 10.1 Å². The monoisotopic (exact) mass is 449 g/mol. The predicted molar refractivity (Wildman–Crippen MR) is 120 cm³/mol. The van der Waals surface area contributed by atoms with Gasteiger partial charge in [0.25, 0.3) is 0 Å². The fourth-order valence-corrected chi connectivity index (χ4v) is 5.04. The smallest absolute Gasteiger partial charge is 0.324 e. The number of aliphatic carboxylic acids is 1. The molecule has 0 aliphatic heterocycles. The fourth-order valence-electron chi connectivity index (χ4n) is 3.46. The zero-order chi connectivity index (χ0) is 21.3. The van der Waals surface area contributed by atoms with Gasteiger partial charge in [0, 0.05) is 6.04 Å². The number of thioether (sulfide) groups is 1.